The monoisotopic (exact) mass is 207 g/mol. The van der Waals surface area contributed by atoms with Crippen LogP contribution in [0.4, 0.5) is 23.2 Å². The standard InChI is InChI=1S/C9H9F4N/c1-14(2)8-4-3-6(10)5-7(8)9(11,12)13/h3-5H,1-2H3. The molecule has 1 aromatic rings. The Bertz CT molecular complexity index is 330. The summed E-state index contributed by atoms with van der Waals surface area (Å²) in [7, 11) is 2.95. The number of anilines is 1. The Kier molecular flexibility index (Phi) is 2.69. The second-order valence-corrected chi connectivity index (χ2v) is 3.05. The molecule has 0 atom stereocenters. The molecule has 0 fully saturated rings. The van der Waals surface area contributed by atoms with Gasteiger partial charge in [-0.05, 0) is 18.2 Å². The zero-order chi connectivity index (χ0) is 10.9. The summed E-state index contributed by atoms with van der Waals surface area (Å²) in [6.07, 6.45) is -4.53. The molecule has 0 aromatic heterocycles. The topological polar surface area (TPSA) is 3.24 Å². The van der Waals surface area contributed by atoms with Crippen LogP contribution in [0.25, 0.3) is 0 Å². The molecule has 0 amide bonds. The summed E-state index contributed by atoms with van der Waals surface area (Å²) in [6.45, 7) is 0. The number of hydrogen-bond acceptors (Lipinski definition) is 1. The Labute approximate surface area is 78.9 Å². The van der Waals surface area contributed by atoms with E-state index in [0.29, 0.717) is 6.07 Å². The molecule has 0 heterocycles. The van der Waals surface area contributed by atoms with Gasteiger partial charge in [-0.25, -0.2) is 4.39 Å². The van der Waals surface area contributed by atoms with Crippen LogP contribution >= 0.6 is 0 Å². The van der Waals surface area contributed by atoms with Crippen LogP contribution in [0, 0.1) is 5.82 Å². The minimum Gasteiger partial charge on any atom is -0.377 e. The van der Waals surface area contributed by atoms with Gasteiger partial charge in [-0.3, -0.25) is 0 Å². The maximum absolute atomic E-state index is 12.6. The minimum absolute atomic E-state index is 0.0427. The first-order valence-electron chi connectivity index (χ1n) is 3.86. The molecule has 0 bridgehead atoms. The number of halogens is 4. The molecule has 0 spiro atoms. The molecule has 0 unspecified atom stereocenters. The number of alkyl halides is 3. The quantitative estimate of drug-likeness (QED) is 0.640. The molecule has 0 aliphatic rings. The summed E-state index contributed by atoms with van der Waals surface area (Å²) < 4.78 is 49.8. The van der Waals surface area contributed by atoms with Crippen LogP contribution in [0.1, 0.15) is 5.56 Å². The van der Waals surface area contributed by atoms with E-state index >= 15 is 0 Å². The predicted octanol–water partition coefficient (Wildman–Crippen LogP) is 2.91. The van der Waals surface area contributed by atoms with Crippen molar-refractivity contribution in [3.8, 4) is 0 Å². The van der Waals surface area contributed by atoms with Gasteiger partial charge in [0, 0.05) is 19.8 Å². The summed E-state index contributed by atoms with van der Waals surface area (Å²) in [5.74, 6) is -0.886. The lowest BCUT2D eigenvalue weighted by atomic mass is 10.1. The summed E-state index contributed by atoms with van der Waals surface area (Å²) in [6, 6.07) is 2.61. The molecule has 1 nitrogen and oxygen atoms in total. The molecule has 0 aliphatic carbocycles. The van der Waals surface area contributed by atoms with Crippen molar-refractivity contribution in [2.45, 2.75) is 6.18 Å². The van der Waals surface area contributed by atoms with Crippen molar-refractivity contribution in [3.05, 3.63) is 29.6 Å². The van der Waals surface area contributed by atoms with Crippen molar-refractivity contribution in [3.63, 3.8) is 0 Å². The van der Waals surface area contributed by atoms with Gasteiger partial charge in [-0.2, -0.15) is 13.2 Å². The van der Waals surface area contributed by atoms with Gasteiger partial charge in [0.25, 0.3) is 0 Å². The van der Waals surface area contributed by atoms with E-state index in [-0.39, 0.29) is 5.69 Å². The predicted molar refractivity (Wildman–Crippen MR) is 45.7 cm³/mol. The molecular weight excluding hydrogens is 198 g/mol. The van der Waals surface area contributed by atoms with E-state index in [9.17, 15) is 17.6 Å². The van der Waals surface area contributed by atoms with Crippen molar-refractivity contribution in [2.75, 3.05) is 19.0 Å². The van der Waals surface area contributed by atoms with E-state index in [2.05, 4.69) is 0 Å². The van der Waals surface area contributed by atoms with Crippen molar-refractivity contribution >= 4 is 5.69 Å². The van der Waals surface area contributed by atoms with Gasteiger partial charge in [-0.15, -0.1) is 0 Å². The van der Waals surface area contributed by atoms with Crippen molar-refractivity contribution in [1.82, 2.24) is 0 Å². The van der Waals surface area contributed by atoms with Crippen LogP contribution in [0.3, 0.4) is 0 Å². The van der Waals surface area contributed by atoms with Crippen LogP contribution in [-0.4, -0.2) is 14.1 Å². The third-order valence-corrected chi connectivity index (χ3v) is 1.75. The van der Waals surface area contributed by atoms with E-state index in [1.54, 1.807) is 0 Å². The first kappa shape index (κ1) is 10.8. The first-order chi connectivity index (χ1) is 6.32. The van der Waals surface area contributed by atoms with E-state index in [1.165, 1.54) is 19.0 Å². The maximum Gasteiger partial charge on any atom is 0.418 e. The second kappa shape index (κ2) is 3.48. The average molecular weight is 207 g/mol. The van der Waals surface area contributed by atoms with E-state index in [1.807, 2.05) is 0 Å². The molecule has 0 radical (unpaired) electrons. The molecule has 1 aromatic carbocycles. The fourth-order valence-corrected chi connectivity index (χ4v) is 1.13. The fourth-order valence-electron chi connectivity index (χ4n) is 1.13. The van der Waals surface area contributed by atoms with E-state index in [0.717, 1.165) is 12.1 Å². The van der Waals surface area contributed by atoms with E-state index in [4.69, 9.17) is 0 Å². The molecule has 5 heteroatoms. The fraction of sp³-hybridized carbons (Fsp3) is 0.333. The Hall–Kier alpha value is -1.26. The largest absolute Gasteiger partial charge is 0.418 e. The number of benzene rings is 1. The van der Waals surface area contributed by atoms with Crippen molar-refractivity contribution in [2.24, 2.45) is 0 Å². The highest BCUT2D eigenvalue weighted by atomic mass is 19.4. The lowest BCUT2D eigenvalue weighted by Crippen LogP contribution is -2.16. The Balaban J connectivity index is 3.30. The summed E-state index contributed by atoms with van der Waals surface area (Å²) >= 11 is 0. The van der Waals surface area contributed by atoms with E-state index < -0.39 is 17.6 Å². The zero-order valence-electron chi connectivity index (χ0n) is 7.69. The van der Waals surface area contributed by atoms with Crippen LogP contribution in [0.5, 0.6) is 0 Å². The van der Waals surface area contributed by atoms with Crippen LogP contribution < -0.4 is 4.90 Å². The molecule has 1 rings (SSSR count). The van der Waals surface area contributed by atoms with Crippen molar-refractivity contribution < 1.29 is 17.6 Å². The molecule has 0 aliphatic heterocycles. The van der Waals surface area contributed by atoms with Gasteiger partial charge < -0.3 is 4.90 Å². The number of nitrogens with zero attached hydrogens (tertiary/aromatic N) is 1. The van der Waals surface area contributed by atoms with Gasteiger partial charge >= 0.3 is 6.18 Å². The Morgan fingerprint density at radius 2 is 1.71 bits per heavy atom. The van der Waals surface area contributed by atoms with Crippen LogP contribution in [0.2, 0.25) is 0 Å². The summed E-state index contributed by atoms with van der Waals surface area (Å²) in [5.41, 5.74) is -0.999. The Morgan fingerprint density at radius 3 is 2.14 bits per heavy atom. The number of hydrogen-bond donors (Lipinski definition) is 0. The minimum atomic E-state index is -4.53. The molecule has 0 N–H and O–H groups in total. The smallest absolute Gasteiger partial charge is 0.377 e. The summed E-state index contributed by atoms with van der Waals surface area (Å²) in [4.78, 5) is 1.29. The van der Waals surface area contributed by atoms with Crippen LogP contribution in [-0.2, 0) is 6.18 Å². The third-order valence-electron chi connectivity index (χ3n) is 1.75. The average Bonchev–Trinajstić information content (AvgIpc) is 2.01. The molecule has 0 saturated carbocycles. The lowest BCUT2D eigenvalue weighted by molar-refractivity contribution is -0.137. The van der Waals surface area contributed by atoms with Gasteiger partial charge in [0.1, 0.15) is 5.82 Å². The molecule has 14 heavy (non-hydrogen) atoms. The number of rotatable bonds is 1. The lowest BCUT2D eigenvalue weighted by Gasteiger charge is -2.18. The summed E-state index contributed by atoms with van der Waals surface area (Å²) in [5, 5.41) is 0. The highest BCUT2D eigenvalue weighted by Gasteiger charge is 2.34. The second-order valence-electron chi connectivity index (χ2n) is 3.05. The van der Waals surface area contributed by atoms with Crippen molar-refractivity contribution in [1.29, 1.82) is 0 Å². The molecule has 78 valence electrons. The third kappa shape index (κ3) is 2.16. The SMILES string of the molecule is CN(C)c1ccc(F)cc1C(F)(F)F. The maximum atomic E-state index is 12.6. The van der Waals surface area contributed by atoms with Gasteiger partial charge in [-0.1, -0.05) is 0 Å². The Morgan fingerprint density at radius 1 is 1.14 bits per heavy atom. The van der Waals surface area contributed by atoms with Gasteiger partial charge in [0.05, 0.1) is 5.56 Å². The van der Waals surface area contributed by atoms with Gasteiger partial charge in [0.15, 0.2) is 0 Å². The first-order valence-corrected chi connectivity index (χ1v) is 3.86. The highest BCUT2D eigenvalue weighted by Crippen LogP contribution is 2.36. The zero-order valence-corrected chi connectivity index (χ0v) is 7.69. The normalized spacial score (nSPS) is 11.6. The molecule has 0 saturated heterocycles. The highest BCUT2D eigenvalue weighted by molar-refractivity contribution is 5.54. The van der Waals surface area contributed by atoms with Crippen LogP contribution in [0.15, 0.2) is 18.2 Å². The van der Waals surface area contributed by atoms with Gasteiger partial charge in [0.2, 0.25) is 0 Å². The molecular formula is C9H9F4N.